The maximum atomic E-state index is 7.50. The SMILES string of the molecule is C/C=C\CCO[C@@H](OC)c1ccccc1OC.[C-]#[O+].[C-]#[O+].[C-]#[O+].[Cr]. The summed E-state index contributed by atoms with van der Waals surface area (Å²) in [5, 5.41) is 0. The number of rotatable bonds is 7. The van der Waals surface area contributed by atoms with Gasteiger partial charge in [0, 0.05) is 30.0 Å². The van der Waals surface area contributed by atoms with Crippen molar-refractivity contribution >= 4 is 0 Å². The number of methoxy groups -OCH3 is 2. The van der Waals surface area contributed by atoms with Gasteiger partial charge in [0.15, 0.2) is 6.29 Å². The molecule has 0 unspecified atom stereocenters. The Labute approximate surface area is 154 Å². The van der Waals surface area contributed by atoms with Crippen LogP contribution in [0.15, 0.2) is 36.4 Å². The van der Waals surface area contributed by atoms with E-state index in [0.29, 0.717) is 6.61 Å². The second-order valence-corrected chi connectivity index (χ2v) is 3.54. The van der Waals surface area contributed by atoms with Crippen molar-refractivity contribution in [3.05, 3.63) is 61.9 Å². The molecule has 0 N–H and O–H groups in total. The Hall–Kier alpha value is -1.57. The summed E-state index contributed by atoms with van der Waals surface area (Å²) in [5.41, 5.74) is 0.915. The van der Waals surface area contributed by atoms with Crippen LogP contribution in [0.1, 0.15) is 25.2 Å². The minimum absolute atomic E-state index is 0. The molecule has 0 spiro atoms. The quantitative estimate of drug-likeness (QED) is 0.242. The maximum Gasteiger partial charge on any atom is 0 e. The van der Waals surface area contributed by atoms with E-state index < -0.39 is 0 Å². The van der Waals surface area contributed by atoms with Gasteiger partial charge in [0.05, 0.1) is 13.7 Å². The average molecular weight is 372 g/mol. The molecule has 0 saturated heterocycles. The smallest absolute Gasteiger partial charge is 0 e. The Morgan fingerprint density at radius 3 is 2.04 bits per heavy atom. The number of benzene rings is 1. The monoisotopic (exact) mass is 372 g/mol. The van der Waals surface area contributed by atoms with Gasteiger partial charge in [0.1, 0.15) is 5.75 Å². The van der Waals surface area contributed by atoms with Crippen LogP contribution in [0.25, 0.3) is 0 Å². The van der Waals surface area contributed by atoms with Crippen molar-refractivity contribution < 1.29 is 45.5 Å². The number of ether oxygens (including phenoxy) is 3. The van der Waals surface area contributed by atoms with Crippen LogP contribution in [0.4, 0.5) is 0 Å². The van der Waals surface area contributed by atoms with Gasteiger partial charge in [-0.05, 0) is 19.4 Å². The third kappa shape index (κ3) is 14.1. The standard InChI is InChI=1S/C14H20O3.3CO.Cr/c1-4-5-8-11-17-14(16-3)12-9-6-7-10-13(12)15-2;3*1-2;/h4-7,9-10,14H,8,11H2,1-3H3;;;;/b5-4-;;;;/t14-;;;;/m1..../s1. The summed E-state index contributed by atoms with van der Waals surface area (Å²) in [5.74, 6) is 0.783. The topological polar surface area (TPSA) is 87.4 Å². The molecule has 0 bridgehead atoms. The van der Waals surface area contributed by atoms with Crippen molar-refractivity contribution in [1.82, 2.24) is 0 Å². The average Bonchev–Trinajstić information content (AvgIpc) is 2.67. The van der Waals surface area contributed by atoms with E-state index in [0.717, 1.165) is 17.7 Å². The fourth-order valence-corrected chi connectivity index (χ4v) is 1.56. The molecule has 0 aliphatic rings. The van der Waals surface area contributed by atoms with Crippen LogP contribution in [0, 0.1) is 20.0 Å². The fourth-order valence-electron chi connectivity index (χ4n) is 1.56. The van der Waals surface area contributed by atoms with E-state index in [1.165, 1.54) is 0 Å². The fraction of sp³-hybridized carbons (Fsp3) is 0.353. The van der Waals surface area contributed by atoms with Crippen LogP contribution in [0.2, 0.25) is 0 Å². The van der Waals surface area contributed by atoms with Gasteiger partial charge in [-0.25, -0.2) is 0 Å². The van der Waals surface area contributed by atoms with Crippen LogP contribution < -0.4 is 4.74 Å². The first-order valence-corrected chi connectivity index (χ1v) is 6.33. The Morgan fingerprint density at radius 2 is 1.58 bits per heavy atom. The summed E-state index contributed by atoms with van der Waals surface area (Å²) in [6, 6.07) is 7.72. The maximum absolute atomic E-state index is 7.50. The molecule has 0 fully saturated rings. The van der Waals surface area contributed by atoms with Crippen molar-refractivity contribution in [2.24, 2.45) is 0 Å². The Bertz CT molecular complexity index is 453. The van der Waals surface area contributed by atoms with E-state index in [1.54, 1.807) is 14.2 Å². The Morgan fingerprint density at radius 1 is 1.04 bits per heavy atom. The second-order valence-electron chi connectivity index (χ2n) is 3.54. The van der Waals surface area contributed by atoms with E-state index in [1.807, 2.05) is 37.3 Å². The summed E-state index contributed by atoms with van der Waals surface area (Å²) in [6.45, 7) is 16.1. The van der Waals surface area contributed by atoms with Crippen LogP contribution in [-0.4, -0.2) is 20.8 Å². The van der Waals surface area contributed by atoms with Crippen molar-refractivity contribution in [3.63, 3.8) is 0 Å². The Kier molecular flexibility index (Phi) is 33.3. The van der Waals surface area contributed by atoms with Crippen molar-refractivity contribution in [3.8, 4) is 5.75 Å². The zero-order valence-corrected chi connectivity index (χ0v) is 15.1. The predicted octanol–water partition coefficient (Wildman–Crippen LogP) is 3.21. The normalized spacial score (nSPS) is 9.38. The molecule has 1 atom stereocenters. The van der Waals surface area contributed by atoms with Gasteiger partial charge in [-0.15, -0.1) is 0 Å². The molecule has 6 nitrogen and oxygen atoms in total. The summed E-state index contributed by atoms with van der Waals surface area (Å²) < 4.78 is 38.8. The molecule has 1 rings (SSSR count). The van der Waals surface area contributed by atoms with Crippen LogP contribution in [0.5, 0.6) is 5.75 Å². The molecule has 1 aromatic carbocycles. The largest absolute Gasteiger partial charge is 0 e. The van der Waals surface area contributed by atoms with E-state index in [4.69, 9.17) is 28.2 Å². The molecule has 130 valence electrons. The number of hydrogen-bond acceptors (Lipinski definition) is 3. The molecule has 0 heterocycles. The minimum Gasteiger partial charge on any atom is 0 e. The third-order valence-electron chi connectivity index (χ3n) is 2.40. The molecule has 0 radical (unpaired) electrons. The van der Waals surface area contributed by atoms with Gasteiger partial charge in [0.25, 0.3) is 0 Å². The molecule has 24 heavy (non-hydrogen) atoms. The molecule has 0 aliphatic carbocycles. The van der Waals surface area contributed by atoms with E-state index in [2.05, 4.69) is 26.0 Å². The molecule has 1 aromatic rings. The van der Waals surface area contributed by atoms with E-state index >= 15 is 0 Å². The molecule has 7 heteroatoms. The summed E-state index contributed by atoms with van der Waals surface area (Å²) in [4.78, 5) is 0. The first-order chi connectivity index (χ1) is 11.3. The van der Waals surface area contributed by atoms with Crippen molar-refractivity contribution in [1.29, 1.82) is 0 Å². The summed E-state index contributed by atoms with van der Waals surface area (Å²) in [6.07, 6.45) is 4.57. The van der Waals surface area contributed by atoms with Gasteiger partial charge >= 0.3 is 33.9 Å². The zero-order valence-electron chi connectivity index (χ0n) is 13.8. The number of para-hydroxylation sites is 1. The molecule has 0 saturated carbocycles. The zero-order chi connectivity index (χ0) is 18.5. The van der Waals surface area contributed by atoms with Gasteiger partial charge < -0.3 is 14.2 Å². The van der Waals surface area contributed by atoms with Crippen molar-refractivity contribution in [2.45, 2.75) is 19.6 Å². The summed E-state index contributed by atoms with van der Waals surface area (Å²) >= 11 is 0. The molecular formula is C17H20CrO6. The van der Waals surface area contributed by atoms with Gasteiger partial charge in [-0.3, -0.25) is 0 Å². The molecule has 0 aromatic heterocycles. The minimum atomic E-state index is -0.378. The predicted molar refractivity (Wildman–Crippen MR) is 79.9 cm³/mol. The molecule has 0 aliphatic heterocycles. The first kappa shape index (κ1) is 30.3. The van der Waals surface area contributed by atoms with E-state index in [9.17, 15) is 0 Å². The van der Waals surface area contributed by atoms with Crippen LogP contribution >= 0.6 is 0 Å². The van der Waals surface area contributed by atoms with Crippen LogP contribution in [0.3, 0.4) is 0 Å². The van der Waals surface area contributed by atoms with E-state index in [-0.39, 0.29) is 23.7 Å². The van der Waals surface area contributed by atoms with Crippen molar-refractivity contribution in [2.75, 3.05) is 20.8 Å². The summed E-state index contributed by atoms with van der Waals surface area (Å²) in [7, 11) is 3.28. The second kappa shape index (κ2) is 26.3. The number of hydrogen-bond donors (Lipinski definition) is 0. The Balaban J connectivity index is -0.000000256. The number of allylic oxidation sites excluding steroid dienone is 1. The first-order valence-electron chi connectivity index (χ1n) is 6.33. The molecular weight excluding hydrogens is 352 g/mol. The van der Waals surface area contributed by atoms with Gasteiger partial charge in [-0.1, -0.05) is 30.4 Å². The van der Waals surface area contributed by atoms with Gasteiger partial charge in [-0.2, -0.15) is 0 Å². The molecule has 0 amide bonds. The van der Waals surface area contributed by atoms with Gasteiger partial charge in [0.2, 0.25) is 0 Å². The van der Waals surface area contributed by atoms with Crippen LogP contribution in [-0.2, 0) is 40.8 Å². The third-order valence-corrected chi connectivity index (χ3v) is 2.40.